The molecule has 128 valence electrons. The fourth-order valence-electron chi connectivity index (χ4n) is 2.83. The van der Waals surface area contributed by atoms with Crippen LogP contribution in [-0.2, 0) is 22.6 Å². The van der Waals surface area contributed by atoms with Gasteiger partial charge in [0.15, 0.2) is 5.78 Å². The van der Waals surface area contributed by atoms with Crippen LogP contribution >= 0.6 is 0 Å². The van der Waals surface area contributed by atoms with Crippen LogP contribution in [0.3, 0.4) is 0 Å². The standard InChI is InChI=1S/C16H27N5O2/c1-12(22)15(2)7-5-6-8-21-11-13(19-20-21)9-16(3,17-4)14(23)10-18-15/h11,17-18H,5-10H2,1-4H3/t15-,16-/m0/s1. The van der Waals surface area contributed by atoms with E-state index in [9.17, 15) is 9.59 Å². The third-order valence-electron chi connectivity index (χ3n) is 5.02. The fraction of sp³-hybridized carbons (Fsp3) is 0.750. The van der Waals surface area contributed by atoms with Gasteiger partial charge in [-0.05, 0) is 47.1 Å². The molecule has 1 aromatic heterocycles. The molecule has 2 atom stereocenters. The van der Waals surface area contributed by atoms with Crippen LogP contribution in [0, 0.1) is 0 Å². The Morgan fingerprint density at radius 1 is 1.39 bits per heavy atom. The molecule has 1 aromatic rings. The maximum atomic E-state index is 12.7. The Balaban J connectivity index is 2.26. The van der Waals surface area contributed by atoms with Crippen molar-refractivity contribution >= 4 is 11.6 Å². The highest BCUT2D eigenvalue weighted by Gasteiger charge is 2.35. The molecule has 0 amide bonds. The van der Waals surface area contributed by atoms with Crippen molar-refractivity contribution in [1.82, 2.24) is 25.6 Å². The number of carbonyl (C=O) groups excluding carboxylic acids is 2. The van der Waals surface area contributed by atoms with Gasteiger partial charge < -0.3 is 5.32 Å². The second-order valence-corrected chi connectivity index (χ2v) is 6.85. The fourth-order valence-corrected chi connectivity index (χ4v) is 2.83. The molecule has 7 nitrogen and oxygen atoms in total. The minimum absolute atomic E-state index is 0.0151. The minimum Gasteiger partial charge on any atom is -0.308 e. The van der Waals surface area contributed by atoms with Gasteiger partial charge in [-0.1, -0.05) is 5.21 Å². The summed E-state index contributed by atoms with van der Waals surface area (Å²) in [7, 11) is 1.77. The minimum atomic E-state index is -0.736. The molecule has 1 aliphatic heterocycles. The lowest BCUT2D eigenvalue weighted by atomic mass is 9.88. The van der Waals surface area contributed by atoms with Crippen molar-refractivity contribution in [2.24, 2.45) is 0 Å². The average Bonchev–Trinajstić information content (AvgIpc) is 2.95. The van der Waals surface area contributed by atoms with Crippen LogP contribution < -0.4 is 10.6 Å². The largest absolute Gasteiger partial charge is 0.308 e. The topological polar surface area (TPSA) is 88.9 Å². The highest BCUT2D eigenvalue weighted by atomic mass is 16.1. The first-order valence-electron chi connectivity index (χ1n) is 8.16. The van der Waals surface area contributed by atoms with Gasteiger partial charge in [0, 0.05) is 19.2 Å². The van der Waals surface area contributed by atoms with Crippen molar-refractivity contribution in [3.8, 4) is 0 Å². The first kappa shape index (κ1) is 17.7. The number of hydrogen-bond donors (Lipinski definition) is 2. The second kappa shape index (κ2) is 6.88. The average molecular weight is 321 g/mol. The number of rotatable bonds is 2. The summed E-state index contributed by atoms with van der Waals surface area (Å²) in [6.45, 7) is 6.25. The van der Waals surface area contributed by atoms with Crippen LogP contribution in [0.1, 0.15) is 45.7 Å². The van der Waals surface area contributed by atoms with Crippen molar-refractivity contribution in [2.75, 3.05) is 13.6 Å². The van der Waals surface area contributed by atoms with Gasteiger partial charge in [0.25, 0.3) is 0 Å². The molecule has 1 aliphatic rings. The Morgan fingerprint density at radius 3 is 2.78 bits per heavy atom. The lowest BCUT2D eigenvalue weighted by Gasteiger charge is -2.32. The number of Topliss-reactive ketones (excluding diaryl/α,β-unsaturated/α-hetero) is 2. The smallest absolute Gasteiger partial charge is 0.166 e. The van der Waals surface area contributed by atoms with E-state index in [1.54, 1.807) is 14.0 Å². The highest BCUT2D eigenvalue weighted by molar-refractivity contribution is 5.91. The van der Waals surface area contributed by atoms with Crippen molar-refractivity contribution in [3.63, 3.8) is 0 Å². The molecule has 0 spiro atoms. The van der Waals surface area contributed by atoms with Crippen molar-refractivity contribution in [2.45, 2.75) is 64.1 Å². The number of fused-ring (bicyclic) bond motifs is 2. The number of aryl methyl sites for hydroxylation is 1. The van der Waals surface area contributed by atoms with Gasteiger partial charge in [-0.15, -0.1) is 5.10 Å². The summed E-state index contributed by atoms with van der Waals surface area (Å²) < 4.78 is 1.81. The van der Waals surface area contributed by atoms with Gasteiger partial charge >= 0.3 is 0 Å². The lowest BCUT2D eigenvalue weighted by Crippen LogP contribution is -2.57. The number of ketones is 2. The van der Waals surface area contributed by atoms with Crippen molar-refractivity contribution in [3.05, 3.63) is 11.9 Å². The monoisotopic (exact) mass is 321 g/mol. The Bertz CT molecular complexity index is 585. The number of nitrogens with zero attached hydrogens (tertiary/aromatic N) is 3. The van der Waals surface area contributed by atoms with Gasteiger partial charge in [0.1, 0.15) is 5.78 Å². The predicted octanol–water partition coefficient (Wildman–Crippen LogP) is 0.489. The number of likely N-dealkylation sites (N-methyl/N-ethyl adjacent to an activating group) is 1. The molecule has 0 saturated carbocycles. The number of nitrogens with one attached hydrogen (secondary N) is 2. The molecule has 0 saturated heterocycles. The zero-order chi connectivity index (χ0) is 17.1. The lowest BCUT2D eigenvalue weighted by molar-refractivity contribution is -0.126. The molecule has 2 bridgehead atoms. The van der Waals surface area contributed by atoms with E-state index >= 15 is 0 Å². The van der Waals surface area contributed by atoms with Crippen LogP contribution in [0.25, 0.3) is 0 Å². The van der Waals surface area contributed by atoms with Crippen LogP contribution in [0.5, 0.6) is 0 Å². The Kier molecular flexibility index (Phi) is 5.31. The van der Waals surface area contributed by atoms with E-state index in [-0.39, 0.29) is 18.1 Å². The first-order chi connectivity index (χ1) is 10.8. The van der Waals surface area contributed by atoms with E-state index in [0.717, 1.165) is 25.1 Å². The van der Waals surface area contributed by atoms with Crippen molar-refractivity contribution in [1.29, 1.82) is 0 Å². The van der Waals surface area contributed by atoms with E-state index < -0.39 is 11.1 Å². The van der Waals surface area contributed by atoms with E-state index in [2.05, 4.69) is 20.9 Å². The van der Waals surface area contributed by atoms with Gasteiger partial charge in [0.2, 0.25) is 0 Å². The number of aromatic nitrogens is 3. The van der Waals surface area contributed by atoms with Crippen LogP contribution in [0.4, 0.5) is 0 Å². The first-order valence-corrected chi connectivity index (χ1v) is 8.16. The van der Waals surface area contributed by atoms with Crippen molar-refractivity contribution < 1.29 is 9.59 Å². The summed E-state index contributed by atoms with van der Waals surface area (Å²) in [6.07, 6.45) is 4.88. The second-order valence-electron chi connectivity index (χ2n) is 6.85. The molecule has 23 heavy (non-hydrogen) atoms. The molecule has 0 unspecified atom stereocenters. The molecule has 2 N–H and O–H groups in total. The molecule has 0 radical (unpaired) electrons. The third-order valence-corrected chi connectivity index (χ3v) is 5.02. The summed E-state index contributed by atoms with van der Waals surface area (Å²) in [5.41, 5.74) is -0.603. The Morgan fingerprint density at radius 2 is 2.13 bits per heavy atom. The third kappa shape index (κ3) is 4.03. The summed E-state index contributed by atoms with van der Waals surface area (Å²) in [5.74, 6) is 0.0788. The predicted molar refractivity (Wildman–Crippen MR) is 87.1 cm³/mol. The van der Waals surface area contributed by atoms with E-state index in [0.29, 0.717) is 12.8 Å². The van der Waals surface area contributed by atoms with Gasteiger partial charge in [0.05, 0.1) is 23.3 Å². The van der Waals surface area contributed by atoms with Crippen LogP contribution in [0.2, 0.25) is 0 Å². The van der Waals surface area contributed by atoms with E-state index in [1.807, 2.05) is 24.7 Å². The van der Waals surface area contributed by atoms with Gasteiger partial charge in [-0.25, -0.2) is 0 Å². The van der Waals surface area contributed by atoms with Gasteiger partial charge in [-0.2, -0.15) is 0 Å². The number of hydrogen-bond acceptors (Lipinski definition) is 6. The molecule has 2 heterocycles. The molecule has 0 aliphatic carbocycles. The molecule has 2 rings (SSSR count). The quantitative estimate of drug-likeness (QED) is 0.824. The molecular weight excluding hydrogens is 294 g/mol. The van der Waals surface area contributed by atoms with Gasteiger partial charge in [-0.3, -0.25) is 19.6 Å². The summed E-state index contributed by atoms with van der Waals surface area (Å²) in [5, 5.41) is 14.6. The maximum Gasteiger partial charge on any atom is 0.166 e. The SMILES string of the molecule is CN[C@@]1(C)Cc2cn(nn2)CCCC[C@@](C)(C(C)=O)NCC1=O. The molecule has 0 fully saturated rings. The summed E-state index contributed by atoms with van der Waals surface area (Å²) >= 11 is 0. The summed E-state index contributed by atoms with van der Waals surface area (Å²) in [6, 6.07) is 0. The number of carbonyl (C=O) groups is 2. The zero-order valence-corrected chi connectivity index (χ0v) is 14.5. The zero-order valence-electron chi connectivity index (χ0n) is 14.5. The van der Waals surface area contributed by atoms with Crippen LogP contribution in [0.15, 0.2) is 6.20 Å². The maximum absolute atomic E-state index is 12.7. The van der Waals surface area contributed by atoms with E-state index in [1.165, 1.54) is 0 Å². The molecule has 0 aromatic carbocycles. The molecule has 7 heteroatoms. The Labute approximate surface area is 137 Å². The Hall–Kier alpha value is -1.60. The van der Waals surface area contributed by atoms with Crippen LogP contribution in [-0.4, -0.2) is 51.2 Å². The molecular formula is C16H27N5O2. The van der Waals surface area contributed by atoms with E-state index in [4.69, 9.17) is 0 Å². The normalized spacial score (nSPS) is 30.2. The highest BCUT2D eigenvalue weighted by Crippen LogP contribution is 2.18. The summed E-state index contributed by atoms with van der Waals surface area (Å²) in [4.78, 5) is 24.7.